The first-order chi connectivity index (χ1) is 10.9. The molecule has 1 amide bonds. The summed E-state index contributed by atoms with van der Waals surface area (Å²) in [6.45, 7) is 5.10. The van der Waals surface area contributed by atoms with Crippen LogP contribution in [0.3, 0.4) is 0 Å². The number of rotatable bonds is 6. The molecule has 23 heavy (non-hydrogen) atoms. The number of nitrogens with zero attached hydrogens (tertiary/aromatic N) is 1. The molecule has 6 nitrogen and oxygen atoms in total. The molecule has 0 bridgehead atoms. The van der Waals surface area contributed by atoms with Crippen LogP contribution >= 0.6 is 0 Å². The molecular weight excluding hydrogens is 298 g/mol. The van der Waals surface area contributed by atoms with Crippen molar-refractivity contribution in [2.24, 2.45) is 0 Å². The Morgan fingerprint density at radius 1 is 1.43 bits per heavy atom. The average molecular weight is 321 g/mol. The van der Waals surface area contributed by atoms with E-state index in [1.807, 2.05) is 38.1 Å². The van der Waals surface area contributed by atoms with Gasteiger partial charge in [-0.2, -0.15) is 0 Å². The first kappa shape index (κ1) is 17.3. The maximum Gasteiger partial charge on any atom is 0.306 e. The van der Waals surface area contributed by atoms with Crippen LogP contribution in [-0.4, -0.2) is 53.8 Å². The van der Waals surface area contributed by atoms with Gasteiger partial charge in [0.05, 0.1) is 31.7 Å². The fourth-order valence-corrected chi connectivity index (χ4v) is 2.55. The summed E-state index contributed by atoms with van der Waals surface area (Å²) in [5, 5.41) is 8.83. The zero-order valence-electron chi connectivity index (χ0n) is 13.5. The molecule has 1 aliphatic rings. The lowest BCUT2D eigenvalue weighted by Crippen LogP contribution is -2.46. The molecule has 0 unspecified atom stereocenters. The van der Waals surface area contributed by atoms with Crippen LogP contribution in [0.15, 0.2) is 24.3 Å². The summed E-state index contributed by atoms with van der Waals surface area (Å²) in [4.78, 5) is 24.9. The van der Waals surface area contributed by atoms with Gasteiger partial charge in [-0.3, -0.25) is 9.59 Å². The monoisotopic (exact) mass is 321 g/mol. The molecule has 1 N–H and O–H groups in total. The summed E-state index contributed by atoms with van der Waals surface area (Å²) in [5.74, 6) is -0.191. The van der Waals surface area contributed by atoms with Gasteiger partial charge in [0.15, 0.2) is 0 Å². The van der Waals surface area contributed by atoms with Crippen LogP contribution in [-0.2, 0) is 20.7 Å². The van der Waals surface area contributed by atoms with Crippen molar-refractivity contribution in [3.05, 3.63) is 29.8 Å². The Morgan fingerprint density at radius 2 is 2.22 bits per heavy atom. The maximum atomic E-state index is 12.4. The molecule has 6 heteroatoms. The van der Waals surface area contributed by atoms with Crippen LogP contribution in [0.2, 0.25) is 0 Å². The second-order valence-corrected chi connectivity index (χ2v) is 5.92. The molecule has 126 valence electrons. The standard InChI is InChI=1S/C17H23NO5/c1-12(2)23-14-5-3-4-13(8-14)9-16(19)18-6-7-22-15(11-18)10-17(20)21/h3-5,8,12,15H,6-7,9-11H2,1-2H3,(H,20,21)/t15-/m1/s1. The fourth-order valence-electron chi connectivity index (χ4n) is 2.55. The van der Waals surface area contributed by atoms with Gasteiger partial charge in [0.25, 0.3) is 0 Å². The molecule has 0 saturated carbocycles. The molecule has 2 rings (SSSR count). The molecule has 1 atom stereocenters. The number of carboxylic acid groups (broad SMARTS) is 1. The molecule has 1 aromatic rings. The van der Waals surface area contributed by atoms with E-state index in [2.05, 4.69) is 0 Å². The van der Waals surface area contributed by atoms with Crippen LogP contribution in [0.25, 0.3) is 0 Å². The number of aliphatic carboxylic acids is 1. The molecule has 1 heterocycles. The lowest BCUT2D eigenvalue weighted by atomic mass is 10.1. The third-order valence-electron chi connectivity index (χ3n) is 3.52. The lowest BCUT2D eigenvalue weighted by molar-refractivity contribution is -0.147. The second kappa shape index (κ2) is 7.97. The van der Waals surface area contributed by atoms with E-state index < -0.39 is 12.1 Å². The van der Waals surface area contributed by atoms with Crippen LogP contribution < -0.4 is 4.74 Å². The van der Waals surface area contributed by atoms with E-state index in [1.54, 1.807) is 4.90 Å². The Balaban J connectivity index is 1.94. The van der Waals surface area contributed by atoms with E-state index in [1.165, 1.54) is 0 Å². The number of carbonyl (C=O) groups excluding carboxylic acids is 1. The lowest BCUT2D eigenvalue weighted by Gasteiger charge is -2.32. The van der Waals surface area contributed by atoms with Crippen molar-refractivity contribution < 1.29 is 24.2 Å². The van der Waals surface area contributed by atoms with Gasteiger partial charge >= 0.3 is 5.97 Å². The molecule has 1 aliphatic heterocycles. The van der Waals surface area contributed by atoms with Crippen molar-refractivity contribution in [1.29, 1.82) is 0 Å². The Hall–Kier alpha value is -2.08. The number of benzene rings is 1. The van der Waals surface area contributed by atoms with Gasteiger partial charge in [-0.15, -0.1) is 0 Å². The van der Waals surface area contributed by atoms with Gasteiger partial charge in [-0.1, -0.05) is 12.1 Å². The van der Waals surface area contributed by atoms with E-state index in [0.29, 0.717) is 19.7 Å². The highest BCUT2D eigenvalue weighted by Crippen LogP contribution is 2.17. The highest BCUT2D eigenvalue weighted by molar-refractivity contribution is 5.79. The second-order valence-electron chi connectivity index (χ2n) is 5.92. The first-order valence-electron chi connectivity index (χ1n) is 7.81. The Kier molecular flexibility index (Phi) is 5.98. The zero-order valence-corrected chi connectivity index (χ0v) is 13.5. The van der Waals surface area contributed by atoms with Crippen molar-refractivity contribution in [3.8, 4) is 5.75 Å². The number of morpholine rings is 1. The number of carbonyl (C=O) groups is 2. The predicted molar refractivity (Wildman–Crippen MR) is 84.5 cm³/mol. The van der Waals surface area contributed by atoms with Crippen LogP contribution in [0, 0.1) is 0 Å². The predicted octanol–water partition coefficient (Wildman–Crippen LogP) is 1.72. The molecule has 0 aliphatic carbocycles. The highest BCUT2D eigenvalue weighted by Gasteiger charge is 2.25. The Labute approximate surface area is 136 Å². The summed E-state index contributed by atoms with van der Waals surface area (Å²) in [5.41, 5.74) is 0.884. The number of amides is 1. The minimum atomic E-state index is -0.914. The molecular formula is C17H23NO5. The van der Waals surface area contributed by atoms with Crippen LogP contribution in [0.5, 0.6) is 5.75 Å². The Morgan fingerprint density at radius 3 is 2.91 bits per heavy atom. The van der Waals surface area contributed by atoms with Crippen LogP contribution in [0.4, 0.5) is 0 Å². The van der Waals surface area contributed by atoms with E-state index in [4.69, 9.17) is 14.6 Å². The first-order valence-corrected chi connectivity index (χ1v) is 7.81. The normalized spacial score (nSPS) is 18.0. The molecule has 1 fully saturated rings. The van der Waals surface area contributed by atoms with Gasteiger partial charge < -0.3 is 19.5 Å². The maximum absolute atomic E-state index is 12.4. The summed E-state index contributed by atoms with van der Waals surface area (Å²) in [6.07, 6.45) is -0.158. The Bertz CT molecular complexity index is 558. The largest absolute Gasteiger partial charge is 0.491 e. The van der Waals surface area contributed by atoms with E-state index in [0.717, 1.165) is 11.3 Å². The summed E-state index contributed by atoms with van der Waals surface area (Å²) < 4.78 is 11.0. The smallest absolute Gasteiger partial charge is 0.306 e. The minimum absolute atomic E-state index is 0.0228. The van der Waals surface area contributed by atoms with Gasteiger partial charge in [-0.25, -0.2) is 0 Å². The van der Waals surface area contributed by atoms with Crippen molar-refractivity contribution >= 4 is 11.9 Å². The topological polar surface area (TPSA) is 76.1 Å². The number of carboxylic acids is 1. The van der Waals surface area contributed by atoms with Crippen molar-refractivity contribution in [3.63, 3.8) is 0 Å². The van der Waals surface area contributed by atoms with Crippen molar-refractivity contribution in [1.82, 2.24) is 4.90 Å². The van der Waals surface area contributed by atoms with E-state index >= 15 is 0 Å². The van der Waals surface area contributed by atoms with Gasteiger partial charge in [0.2, 0.25) is 5.91 Å². The third kappa shape index (κ3) is 5.56. The van der Waals surface area contributed by atoms with Gasteiger partial charge in [0, 0.05) is 13.1 Å². The molecule has 0 aromatic heterocycles. The van der Waals surface area contributed by atoms with Gasteiger partial charge in [0.1, 0.15) is 5.75 Å². The number of hydrogen-bond donors (Lipinski definition) is 1. The van der Waals surface area contributed by atoms with E-state index in [9.17, 15) is 9.59 Å². The zero-order chi connectivity index (χ0) is 16.8. The molecule has 1 saturated heterocycles. The molecule has 1 aromatic carbocycles. The SMILES string of the molecule is CC(C)Oc1cccc(CC(=O)N2CCO[C@H](CC(=O)O)C2)c1. The minimum Gasteiger partial charge on any atom is -0.491 e. The number of ether oxygens (including phenoxy) is 2. The van der Waals surface area contributed by atoms with Gasteiger partial charge in [-0.05, 0) is 31.5 Å². The van der Waals surface area contributed by atoms with Crippen molar-refractivity contribution in [2.45, 2.75) is 38.9 Å². The third-order valence-corrected chi connectivity index (χ3v) is 3.52. The highest BCUT2D eigenvalue weighted by atomic mass is 16.5. The quantitative estimate of drug-likeness (QED) is 0.863. The summed E-state index contributed by atoms with van der Waals surface area (Å²) in [6, 6.07) is 7.49. The molecule has 0 radical (unpaired) electrons. The van der Waals surface area contributed by atoms with E-state index in [-0.39, 0.29) is 24.9 Å². The van der Waals surface area contributed by atoms with Crippen molar-refractivity contribution in [2.75, 3.05) is 19.7 Å². The number of hydrogen-bond acceptors (Lipinski definition) is 4. The summed E-state index contributed by atoms with van der Waals surface area (Å²) in [7, 11) is 0. The van der Waals surface area contributed by atoms with Crippen LogP contribution in [0.1, 0.15) is 25.8 Å². The molecule has 0 spiro atoms. The fraction of sp³-hybridized carbons (Fsp3) is 0.529. The summed E-state index contributed by atoms with van der Waals surface area (Å²) >= 11 is 0. The average Bonchev–Trinajstić information content (AvgIpc) is 2.46.